The normalized spacial score (nSPS) is 13.1. The number of benzene rings is 3. The van der Waals surface area contributed by atoms with Crippen molar-refractivity contribution in [3.63, 3.8) is 0 Å². The summed E-state index contributed by atoms with van der Waals surface area (Å²) < 4.78 is 39.3. The molecule has 0 unspecified atom stereocenters. The molecule has 0 aliphatic rings. The molecule has 3 aromatic rings. The number of carbonyl (C=O) groups excluding carboxylic acids is 1. The van der Waals surface area contributed by atoms with Gasteiger partial charge < -0.3 is 11.1 Å². The third-order valence-corrected chi connectivity index (χ3v) is 6.90. The second-order valence-corrected chi connectivity index (χ2v) is 9.59. The summed E-state index contributed by atoms with van der Waals surface area (Å²) >= 11 is 0. The first kappa shape index (κ1) is 23.1. The molecular weight excluding hydrogens is 429 g/mol. The first-order chi connectivity index (χ1) is 15.1. The Balaban J connectivity index is 1.94. The molecule has 1 amide bonds. The number of amides is 1. The van der Waals surface area contributed by atoms with Crippen LogP contribution in [0.4, 0.5) is 15.8 Å². The zero-order valence-electron chi connectivity index (χ0n) is 17.4. The minimum Gasteiger partial charge on any atom is -0.325 e. The molecule has 0 saturated heterocycles. The van der Waals surface area contributed by atoms with Crippen molar-refractivity contribution in [1.29, 1.82) is 0 Å². The Kier molecular flexibility index (Phi) is 6.72. The molecule has 8 heteroatoms. The van der Waals surface area contributed by atoms with Gasteiger partial charge in [0.1, 0.15) is 11.4 Å². The molecule has 6 nitrogen and oxygen atoms in total. The molecular formula is C24H22FN3O3S. The predicted octanol–water partition coefficient (Wildman–Crippen LogP) is 4.04. The van der Waals surface area contributed by atoms with Crippen LogP contribution >= 0.6 is 0 Å². The van der Waals surface area contributed by atoms with Crippen molar-refractivity contribution in [1.82, 2.24) is 0 Å². The minimum atomic E-state index is -4.00. The van der Waals surface area contributed by atoms with Crippen LogP contribution in [0.2, 0.25) is 0 Å². The lowest BCUT2D eigenvalue weighted by Gasteiger charge is -2.28. The summed E-state index contributed by atoms with van der Waals surface area (Å²) in [5, 5.41) is 2.69. The van der Waals surface area contributed by atoms with Gasteiger partial charge in [-0.05, 0) is 54.4 Å². The third kappa shape index (κ3) is 5.38. The van der Waals surface area contributed by atoms with E-state index in [0.29, 0.717) is 22.5 Å². The zero-order chi connectivity index (χ0) is 23.4. The number of rotatable bonds is 7. The quantitative estimate of drug-likeness (QED) is 0.419. The fraction of sp³-hybridized carbons (Fsp3) is 0.167. The summed E-state index contributed by atoms with van der Waals surface area (Å²) in [4.78, 5) is 16.5. The van der Waals surface area contributed by atoms with Crippen molar-refractivity contribution in [2.24, 2.45) is 5.73 Å². The van der Waals surface area contributed by atoms with Gasteiger partial charge in [0.15, 0.2) is 15.5 Å². The average Bonchev–Trinajstić information content (AvgIpc) is 2.74. The Morgan fingerprint density at radius 2 is 1.75 bits per heavy atom. The van der Waals surface area contributed by atoms with Gasteiger partial charge in [-0.2, -0.15) is 0 Å². The van der Waals surface area contributed by atoms with Gasteiger partial charge in [-0.3, -0.25) is 4.79 Å². The van der Waals surface area contributed by atoms with Crippen molar-refractivity contribution < 1.29 is 17.6 Å². The van der Waals surface area contributed by atoms with Gasteiger partial charge in [0.05, 0.1) is 17.2 Å². The van der Waals surface area contributed by atoms with E-state index in [1.54, 1.807) is 55.5 Å². The summed E-state index contributed by atoms with van der Waals surface area (Å²) in [6.45, 7) is 8.88. The van der Waals surface area contributed by atoms with Crippen molar-refractivity contribution >= 4 is 27.1 Å². The first-order valence-electron chi connectivity index (χ1n) is 9.74. The minimum absolute atomic E-state index is 0.0286. The molecule has 164 valence electrons. The van der Waals surface area contributed by atoms with E-state index in [9.17, 15) is 17.6 Å². The highest BCUT2D eigenvalue weighted by Crippen LogP contribution is 2.25. The van der Waals surface area contributed by atoms with Crippen LogP contribution in [-0.4, -0.2) is 25.6 Å². The number of hydrogen-bond acceptors (Lipinski definition) is 4. The van der Waals surface area contributed by atoms with Crippen molar-refractivity contribution in [2.45, 2.75) is 23.8 Å². The summed E-state index contributed by atoms with van der Waals surface area (Å²) in [7, 11) is -4.00. The fourth-order valence-electron chi connectivity index (χ4n) is 3.34. The highest BCUT2D eigenvalue weighted by molar-refractivity contribution is 7.91. The lowest BCUT2D eigenvalue weighted by Crippen LogP contribution is -2.57. The topological polar surface area (TPSA) is 93.6 Å². The molecule has 3 N–H and O–H groups in total. The van der Waals surface area contributed by atoms with Gasteiger partial charge in [0, 0.05) is 12.1 Å². The van der Waals surface area contributed by atoms with Crippen molar-refractivity contribution in [3.8, 4) is 0 Å². The van der Waals surface area contributed by atoms with E-state index in [2.05, 4.69) is 10.2 Å². The standard InChI is InChI=1S/C24H22FN3O3S/c1-17-14-20(10-13-22(17)27-2)28-23(29)24(26,15-18-6-4-3-5-7-18)16-32(30,31)21-11-8-19(25)9-12-21/h3-14H,15-16,26H2,1H3,(H,28,29)/t24-/m0/s1. The molecule has 1 atom stereocenters. The fourth-order valence-corrected chi connectivity index (χ4v) is 4.96. The van der Waals surface area contributed by atoms with E-state index in [4.69, 9.17) is 12.3 Å². The van der Waals surface area contributed by atoms with Crippen LogP contribution in [0.1, 0.15) is 11.1 Å². The number of carbonyl (C=O) groups is 1. The molecule has 3 aromatic carbocycles. The molecule has 0 fully saturated rings. The summed E-state index contributed by atoms with van der Waals surface area (Å²) in [5.41, 5.74) is 6.87. The molecule has 3 rings (SSSR count). The van der Waals surface area contributed by atoms with Crippen LogP contribution in [0.3, 0.4) is 0 Å². The van der Waals surface area contributed by atoms with Crippen molar-refractivity contribution in [2.75, 3.05) is 11.1 Å². The molecule has 32 heavy (non-hydrogen) atoms. The highest BCUT2D eigenvalue weighted by Gasteiger charge is 2.40. The van der Waals surface area contributed by atoms with E-state index in [1.165, 1.54) is 0 Å². The maximum atomic E-state index is 13.3. The van der Waals surface area contributed by atoms with Gasteiger partial charge in [-0.25, -0.2) is 17.7 Å². The summed E-state index contributed by atoms with van der Waals surface area (Å²) in [5.74, 6) is -1.92. The van der Waals surface area contributed by atoms with E-state index in [1.807, 2.05) is 0 Å². The maximum absolute atomic E-state index is 13.3. The maximum Gasteiger partial charge on any atom is 0.245 e. The van der Waals surface area contributed by atoms with Crippen LogP contribution in [0, 0.1) is 19.3 Å². The van der Waals surface area contributed by atoms with Crippen molar-refractivity contribution in [3.05, 3.63) is 101 Å². The van der Waals surface area contributed by atoms with Gasteiger partial charge in [0.25, 0.3) is 0 Å². The van der Waals surface area contributed by atoms with Gasteiger partial charge in [-0.15, -0.1) is 0 Å². The largest absolute Gasteiger partial charge is 0.325 e. The zero-order valence-corrected chi connectivity index (χ0v) is 18.2. The number of halogens is 1. The molecule has 0 heterocycles. The third-order valence-electron chi connectivity index (χ3n) is 5.01. The van der Waals surface area contributed by atoms with Gasteiger partial charge >= 0.3 is 0 Å². The molecule has 0 spiro atoms. The molecule has 0 bridgehead atoms. The van der Waals surface area contributed by atoms with E-state index >= 15 is 0 Å². The Labute approximate surface area is 186 Å². The van der Waals surface area contributed by atoms with Gasteiger partial charge in [0.2, 0.25) is 5.91 Å². The highest BCUT2D eigenvalue weighted by atomic mass is 32.2. The van der Waals surface area contributed by atoms with E-state index < -0.39 is 32.9 Å². The van der Waals surface area contributed by atoms with Crippen LogP contribution in [0.25, 0.3) is 4.85 Å². The number of aryl methyl sites for hydroxylation is 1. The molecule has 0 aromatic heterocycles. The smallest absolute Gasteiger partial charge is 0.245 e. The Morgan fingerprint density at radius 1 is 1.09 bits per heavy atom. The van der Waals surface area contributed by atoms with Crippen LogP contribution in [0.15, 0.2) is 77.7 Å². The molecule has 0 saturated carbocycles. The molecule has 0 radical (unpaired) electrons. The Bertz CT molecular complexity index is 1270. The van der Waals surface area contributed by atoms with Crippen LogP contribution in [-0.2, 0) is 21.1 Å². The number of nitrogens with two attached hydrogens (primary N) is 1. The molecule has 0 aliphatic carbocycles. The average molecular weight is 452 g/mol. The summed E-state index contributed by atoms with van der Waals surface area (Å²) in [6.07, 6.45) is -0.0286. The second kappa shape index (κ2) is 9.30. The monoisotopic (exact) mass is 451 g/mol. The van der Waals surface area contributed by atoms with Crippen LogP contribution < -0.4 is 11.1 Å². The lowest BCUT2D eigenvalue weighted by molar-refractivity contribution is -0.120. The second-order valence-electron chi connectivity index (χ2n) is 7.60. The van der Waals surface area contributed by atoms with Crippen LogP contribution in [0.5, 0.6) is 0 Å². The van der Waals surface area contributed by atoms with E-state index in [-0.39, 0.29) is 11.3 Å². The SMILES string of the molecule is [C-]#[N+]c1ccc(NC(=O)[C@](N)(Cc2ccccc2)CS(=O)(=O)c2ccc(F)cc2)cc1C. The predicted molar refractivity (Wildman–Crippen MR) is 122 cm³/mol. The number of nitrogens with zero attached hydrogens (tertiary/aromatic N) is 1. The van der Waals surface area contributed by atoms with Gasteiger partial charge in [-0.1, -0.05) is 36.4 Å². The summed E-state index contributed by atoms with van der Waals surface area (Å²) in [6, 6.07) is 18.0. The first-order valence-corrected chi connectivity index (χ1v) is 11.4. The number of anilines is 1. The Hall–Kier alpha value is -3.54. The molecule has 0 aliphatic heterocycles. The lowest BCUT2D eigenvalue weighted by atomic mass is 9.92. The Morgan fingerprint density at radius 3 is 2.34 bits per heavy atom. The number of hydrogen-bond donors (Lipinski definition) is 2. The van der Waals surface area contributed by atoms with E-state index in [0.717, 1.165) is 24.3 Å². The number of sulfone groups is 1. The number of nitrogens with one attached hydrogen (secondary N) is 1.